The van der Waals surface area contributed by atoms with Gasteiger partial charge in [0.15, 0.2) is 8.32 Å². The van der Waals surface area contributed by atoms with E-state index in [-0.39, 0.29) is 10.1 Å². The molecule has 2 aromatic rings. The van der Waals surface area contributed by atoms with E-state index in [9.17, 15) is 0 Å². The predicted octanol–water partition coefficient (Wildman–Crippen LogP) is 5.75. The Morgan fingerprint density at radius 1 is 0.310 bits per heavy atom. The molecule has 0 aromatic heterocycles. The molecule has 14 heteroatoms. The molecule has 0 aliphatic carbocycles. The lowest BCUT2D eigenvalue weighted by Crippen LogP contribution is -2.66. The Hall–Kier alpha value is -1.61. The van der Waals surface area contributed by atoms with Crippen molar-refractivity contribution in [2.24, 2.45) is 0 Å². The van der Waals surface area contributed by atoms with Gasteiger partial charge in [-0.25, -0.2) is 0 Å². The van der Waals surface area contributed by atoms with Crippen LogP contribution >= 0.6 is 0 Å². The van der Waals surface area contributed by atoms with Gasteiger partial charge in [0, 0.05) is 0 Å². The molecular formula is C44H78O12Si2. The summed E-state index contributed by atoms with van der Waals surface area (Å²) in [7, 11) is -4.25. The van der Waals surface area contributed by atoms with Crippen molar-refractivity contribution >= 4 is 27.0 Å². The van der Waals surface area contributed by atoms with Crippen LogP contribution in [0.4, 0.5) is 0 Å². The van der Waals surface area contributed by atoms with E-state index in [0.717, 1.165) is 0 Å². The average molecular weight is 855 g/mol. The van der Waals surface area contributed by atoms with E-state index in [1.807, 2.05) is 0 Å². The van der Waals surface area contributed by atoms with E-state index in [0.29, 0.717) is 145 Å². The molecule has 0 fully saturated rings. The average Bonchev–Trinajstić information content (AvgIpc) is 3.19. The Bertz CT molecular complexity index is 1190. The SMILES string of the molecule is CC(C)(C)[Si](C)(C)OCCOCCOCCOCCOCCOCCOCCOCCOCCOCCOCCO[Si](c1ccccc1)(c1ccccc1)C(C)(C)C. The summed E-state index contributed by atoms with van der Waals surface area (Å²) < 4.78 is 68.9. The van der Waals surface area contributed by atoms with Gasteiger partial charge >= 0.3 is 0 Å². The van der Waals surface area contributed by atoms with Gasteiger partial charge in [-0.1, -0.05) is 102 Å². The Morgan fingerprint density at radius 3 is 0.759 bits per heavy atom. The predicted molar refractivity (Wildman–Crippen MR) is 235 cm³/mol. The van der Waals surface area contributed by atoms with Crippen LogP contribution in [-0.4, -0.2) is 162 Å². The van der Waals surface area contributed by atoms with Crippen LogP contribution in [0.1, 0.15) is 41.5 Å². The Morgan fingerprint density at radius 2 is 0.534 bits per heavy atom. The molecule has 0 aliphatic rings. The van der Waals surface area contributed by atoms with E-state index in [1.165, 1.54) is 10.4 Å². The molecule has 0 aliphatic heterocycles. The third kappa shape index (κ3) is 22.3. The highest BCUT2D eigenvalue weighted by atomic mass is 28.4. The Kier molecular flexibility index (Phi) is 28.3. The van der Waals surface area contributed by atoms with Crippen molar-refractivity contribution in [2.75, 3.05) is 145 Å². The second-order valence-corrected chi connectivity index (χ2v) is 25.4. The molecule has 58 heavy (non-hydrogen) atoms. The second-order valence-electron chi connectivity index (χ2n) is 16.2. The van der Waals surface area contributed by atoms with Crippen LogP contribution in [0.25, 0.3) is 0 Å². The Labute approximate surface area is 353 Å². The molecule has 2 aromatic carbocycles. The van der Waals surface area contributed by atoms with Crippen LogP contribution in [0.2, 0.25) is 23.2 Å². The molecule has 0 unspecified atom stereocenters. The quantitative estimate of drug-likeness (QED) is 0.0610. The van der Waals surface area contributed by atoms with Gasteiger partial charge in [-0.05, 0) is 33.5 Å². The number of hydrogen-bond acceptors (Lipinski definition) is 12. The molecule has 0 heterocycles. The van der Waals surface area contributed by atoms with Gasteiger partial charge in [-0.2, -0.15) is 0 Å². The standard InChI is InChI=1S/C44H78O12Si2/c1-43(2,3)57(7,8)55-39-37-53-35-33-51-31-29-49-27-25-47-23-21-45-19-20-46-22-24-48-26-28-50-30-32-52-34-36-54-38-40-56-58(44(4,5)6,41-15-11-9-12-16-41)42-17-13-10-14-18-42/h9-18H,19-40H2,1-8H3. The molecule has 12 nitrogen and oxygen atoms in total. The number of benzene rings is 2. The molecule has 0 amide bonds. The third-order valence-electron chi connectivity index (χ3n) is 9.81. The molecule has 2 rings (SSSR count). The highest BCUT2D eigenvalue weighted by Crippen LogP contribution is 2.37. The summed E-state index contributed by atoms with van der Waals surface area (Å²) >= 11 is 0. The van der Waals surface area contributed by atoms with Gasteiger partial charge in [0.05, 0.1) is 145 Å². The molecular weight excluding hydrogens is 777 g/mol. The highest BCUT2D eigenvalue weighted by Gasteiger charge is 2.50. The number of ether oxygens (including phenoxy) is 10. The van der Waals surface area contributed by atoms with Gasteiger partial charge in [0.1, 0.15) is 0 Å². The molecule has 0 bridgehead atoms. The third-order valence-corrected chi connectivity index (χ3v) is 19.4. The van der Waals surface area contributed by atoms with Crippen molar-refractivity contribution in [3.05, 3.63) is 60.7 Å². The van der Waals surface area contributed by atoms with E-state index in [2.05, 4.69) is 115 Å². The Balaban J connectivity index is 1.29. The van der Waals surface area contributed by atoms with Crippen LogP contribution in [0.15, 0.2) is 60.7 Å². The molecule has 0 atom stereocenters. The van der Waals surface area contributed by atoms with E-state index in [1.54, 1.807) is 0 Å². The molecule has 0 saturated carbocycles. The summed E-state index contributed by atoms with van der Waals surface area (Å²) in [6.07, 6.45) is 0. The van der Waals surface area contributed by atoms with Gasteiger partial charge in [-0.3, -0.25) is 0 Å². The highest BCUT2D eigenvalue weighted by molar-refractivity contribution is 6.99. The normalized spacial score (nSPS) is 12.8. The summed E-state index contributed by atoms with van der Waals surface area (Å²) in [6.45, 7) is 29.6. The zero-order chi connectivity index (χ0) is 42.3. The first-order chi connectivity index (χ1) is 27.9. The van der Waals surface area contributed by atoms with Gasteiger partial charge in [0.2, 0.25) is 0 Å². The number of rotatable bonds is 37. The maximum atomic E-state index is 6.86. The zero-order valence-corrected chi connectivity index (χ0v) is 39.2. The van der Waals surface area contributed by atoms with Crippen molar-refractivity contribution in [3.8, 4) is 0 Å². The second kappa shape index (κ2) is 31.3. The lowest BCUT2D eigenvalue weighted by atomic mass is 10.2. The first kappa shape index (κ1) is 52.5. The summed E-state index contributed by atoms with van der Waals surface area (Å²) in [5.74, 6) is 0. The van der Waals surface area contributed by atoms with Crippen LogP contribution in [0, 0.1) is 0 Å². The minimum atomic E-state index is -2.54. The topological polar surface area (TPSA) is 111 Å². The molecule has 0 radical (unpaired) electrons. The first-order valence-corrected chi connectivity index (χ1v) is 25.9. The first-order valence-electron chi connectivity index (χ1n) is 21.1. The van der Waals surface area contributed by atoms with Gasteiger partial charge in [0.25, 0.3) is 8.32 Å². The molecule has 0 spiro atoms. The maximum absolute atomic E-state index is 6.86. The molecule has 0 saturated heterocycles. The summed E-state index contributed by atoms with van der Waals surface area (Å²) in [5, 5.41) is 2.69. The van der Waals surface area contributed by atoms with Crippen molar-refractivity contribution in [1.29, 1.82) is 0 Å². The van der Waals surface area contributed by atoms with Crippen molar-refractivity contribution in [1.82, 2.24) is 0 Å². The molecule has 334 valence electrons. The maximum Gasteiger partial charge on any atom is 0.261 e. The van der Waals surface area contributed by atoms with Gasteiger partial charge < -0.3 is 56.2 Å². The largest absolute Gasteiger partial charge is 0.414 e. The van der Waals surface area contributed by atoms with Crippen LogP contribution in [-0.2, 0) is 56.2 Å². The van der Waals surface area contributed by atoms with Crippen LogP contribution < -0.4 is 10.4 Å². The molecule has 0 N–H and O–H groups in total. The minimum absolute atomic E-state index is 0.0571. The van der Waals surface area contributed by atoms with Crippen molar-refractivity contribution in [3.63, 3.8) is 0 Å². The summed E-state index contributed by atoms with van der Waals surface area (Å²) in [6, 6.07) is 21.3. The van der Waals surface area contributed by atoms with Gasteiger partial charge in [-0.15, -0.1) is 0 Å². The monoisotopic (exact) mass is 855 g/mol. The van der Waals surface area contributed by atoms with Crippen molar-refractivity contribution in [2.45, 2.75) is 64.7 Å². The smallest absolute Gasteiger partial charge is 0.261 e. The van der Waals surface area contributed by atoms with Crippen LogP contribution in [0.3, 0.4) is 0 Å². The summed E-state index contributed by atoms with van der Waals surface area (Å²) in [5.41, 5.74) is 0. The fourth-order valence-electron chi connectivity index (χ4n) is 5.67. The minimum Gasteiger partial charge on any atom is -0.414 e. The fraction of sp³-hybridized carbons (Fsp3) is 0.727. The van der Waals surface area contributed by atoms with Crippen LogP contribution in [0.5, 0.6) is 0 Å². The summed E-state index contributed by atoms with van der Waals surface area (Å²) in [4.78, 5) is 0. The van der Waals surface area contributed by atoms with E-state index in [4.69, 9.17) is 56.2 Å². The number of hydrogen-bond donors (Lipinski definition) is 0. The van der Waals surface area contributed by atoms with Crippen molar-refractivity contribution < 1.29 is 56.2 Å². The van der Waals surface area contributed by atoms with E-state index < -0.39 is 16.6 Å². The fourth-order valence-corrected chi connectivity index (χ4v) is 11.2. The van der Waals surface area contributed by atoms with E-state index >= 15 is 0 Å². The lowest BCUT2D eigenvalue weighted by molar-refractivity contribution is -0.0270. The zero-order valence-electron chi connectivity index (χ0n) is 37.2. The lowest BCUT2D eigenvalue weighted by Gasteiger charge is -2.43.